The van der Waals surface area contributed by atoms with E-state index in [4.69, 9.17) is 0 Å². The SMILES string of the molecule is CS(=O)(=O)c1ccc(C2=CC3(C=C2c2ccncc2)CCC3)cc1. The topological polar surface area (TPSA) is 47.0 Å². The first-order chi connectivity index (χ1) is 11.5. The zero-order valence-corrected chi connectivity index (χ0v) is 14.4. The van der Waals surface area contributed by atoms with Crippen molar-refractivity contribution in [1.82, 2.24) is 4.98 Å². The van der Waals surface area contributed by atoms with Gasteiger partial charge in [-0.2, -0.15) is 0 Å². The highest BCUT2D eigenvalue weighted by Crippen LogP contribution is 2.53. The molecule has 0 aliphatic heterocycles. The van der Waals surface area contributed by atoms with Crippen LogP contribution in [0.2, 0.25) is 0 Å². The molecule has 3 nitrogen and oxygen atoms in total. The van der Waals surface area contributed by atoms with E-state index in [1.54, 1.807) is 12.1 Å². The van der Waals surface area contributed by atoms with E-state index in [-0.39, 0.29) is 5.41 Å². The van der Waals surface area contributed by atoms with Crippen molar-refractivity contribution in [3.63, 3.8) is 0 Å². The van der Waals surface area contributed by atoms with Gasteiger partial charge in [0.1, 0.15) is 0 Å². The molecule has 1 aromatic heterocycles. The fourth-order valence-electron chi connectivity index (χ4n) is 3.54. The molecule has 1 spiro atoms. The van der Waals surface area contributed by atoms with E-state index >= 15 is 0 Å². The van der Waals surface area contributed by atoms with Crippen LogP contribution >= 0.6 is 0 Å². The molecule has 0 amide bonds. The number of nitrogens with zero attached hydrogens (tertiary/aromatic N) is 1. The van der Waals surface area contributed by atoms with Gasteiger partial charge in [-0.1, -0.05) is 30.7 Å². The zero-order valence-electron chi connectivity index (χ0n) is 13.6. The number of sulfone groups is 1. The predicted octanol–water partition coefficient (Wildman–Crippen LogP) is 4.14. The van der Waals surface area contributed by atoms with E-state index in [0.29, 0.717) is 4.90 Å². The van der Waals surface area contributed by atoms with E-state index in [9.17, 15) is 8.42 Å². The number of hydrogen-bond donors (Lipinski definition) is 0. The summed E-state index contributed by atoms with van der Waals surface area (Å²) in [4.78, 5) is 4.47. The van der Waals surface area contributed by atoms with Gasteiger partial charge < -0.3 is 0 Å². The summed E-state index contributed by atoms with van der Waals surface area (Å²) < 4.78 is 23.4. The van der Waals surface area contributed by atoms with Crippen LogP contribution < -0.4 is 0 Å². The number of benzene rings is 1. The minimum Gasteiger partial charge on any atom is -0.265 e. The molecule has 1 fully saturated rings. The molecule has 24 heavy (non-hydrogen) atoms. The number of pyridine rings is 1. The standard InChI is InChI=1S/C20H19NO2S/c1-24(22,23)17-5-3-15(4-6-17)18-13-20(9-2-10-20)14-19(18)16-7-11-21-12-8-16/h3-8,11-14H,2,9-10H2,1H3. The summed E-state index contributed by atoms with van der Waals surface area (Å²) in [7, 11) is -3.17. The smallest absolute Gasteiger partial charge is 0.175 e. The number of hydrogen-bond acceptors (Lipinski definition) is 3. The normalized spacial score (nSPS) is 18.9. The molecule has 2 aliphatic carbocycles. The Morgan fingerprint density at radius 2 is 1.42 bits per heavy atom. The maximum atomic E-state index is 11.7. The summed E-state index contributed by atoms with van der Waals surface area (Å²) in [5.41, 5.74) is 4.83. The van der Waals surface area contributed by atoms with Crippen LogP contribution in [-0.2, 0) is 9.84 Å². The first kappa shape index (κ1) is 15.3. The first-order valence-electron chi connectivity index (χ1n) is 8.14. The molecule has 0 radical (unpaired) electrons. The van der Waals surface area contributed by atoms with E-state index in [1.165, 1.54) is 36.7 Å². The summed E-state index contributed by atoms with van der Waals surface area (Å²) in [5, 5.41) is 0. The number of allylic oxidation sites excluding steroid dienone is 4. The molecule has 122 valence electrons. The minimum absolute atomic E-state index is 0.184. The maximum absolute atomic E-state index is 11.7. The van der Waals surface area contributed by atoms with Gasteiger partial charge in [0.15, 0.2) is 9.84 Å². The van der Waals surface area contributed by atoms with Gasteiger partial charge >= 0.3 is 0 Å². The second-order valence-electron chi connectivity index (χ2n) is 6.74. The number of aromatic nitrogens is 1. The van der Waals surface area contributed by atoms with E-state index in [2.05, 4.69) is 17.1 Å². The molecule has 0 unspecified atom stereocenters. The van der Waals surface area contributed by atoms with Crippen LogP contribution in [-0.4, -0.2) is 19.7 Å². The van der Waals surface area contributed by atoms with Crippen molar-refractivity contribution in [2.24, 2.45) is 5.41 Å². The largest absolute Gasteiger partial charge is 0.265 e. The molecule has 1 aromatic carbocycles. The van der Waals surface area contributed by atoms with Crippen molar-refractivity contribution in [2.45, 2.75) is 24.2 Å². The van der Waals surface area contributed by atoms with Gasteiger partial charge in [0.05, 0.1) is 4.90 Å². The summed E-state index contributed by atoms with van der Waals surface area (Å²) >= 11 is 0. The Kier molecular flexibility index (Phi) is 3.46. The lowest BCUT2D eigenvalue weighted by Gasteiger charge is -2.34. The van der Waals surface area contributed by atoms with Gasteiger partial charge in [0.25, 0.3) is 0 Å². The van der Waals surface area contributed by atoms with Crippen LogP contribution in [0.1, 0.15) is 30.4 Å². The Morgan fingerprint density at radius 1 is 0.875 bits per heavy atom. The Morgan fingerprint density at radius 3 is 1.88 bits per heavy atom. The Hall–Kier alpha value is -2.20. The highest BCUT2D eigenvalue weighted by atomic mass is 32.2. The van der Waals surface area contributed by atoms with Crippen LogP contribution in [0.5, 0.6) is 0 Å². The monoisotopic (exact) mass is 337 g/mol. The molecule has 1 heterocycles. The lowest BCUT2D eigenvalue weighted by atomic mass is 9.70. The van der Waals surface area contributed by atoms with Crippen LogP contribution in [0, 0.1) is 5.41 Å². The van der Waals surface area contributed by atoms with Gasteiger partial charge in [-0.15, -0.1) is 0 Å². The van der Waals surface area contributed by atoms with Gasteiger partial charge in [-0.25, -0.2) is 8.42 Å². The quantitative estimate of drug-likeness (QED) is 0.846. The maximum Gasteiger partial charge on any atom is 0.175 e. The second-order valence-corrected chi connectivity index (χ2v) is 8.75. The van der Waals surface area contributed by atoms with Gasteiger partial charge in [0.2, 0.25) is 0 Å². The van der Waals surface area contributed by atoms with Crippen LogP contribution in [0.25, 0.3) is 11.1 Å². The lowest BCUT2D eigenvalue weighted by Crippen LogP contribution is -2.22. The second kappa shape index (κ2) is 5.42. The summed E-state index contributed by atoms with van der Waals surface area (Å²) in [6.45, 7) is 0. The molecular weight excluding hydrogens is 318 g/mol. The number of rotatable bonds is 3. The van der Waals surface area contributed by atoms with Crippen molar-refractivity contribution in [3.8, 4) is 0 Å². The molecule has 1 saturated carbocycles. The predicted molar refractivity (Wildman–Crippen MR) is 96.0 cm³/mol. The molecule has 0 saturated heterocycles. The zero-order chi connectivity index (χ0) is 16.8. The molecule has 0 bridgehead atoms. The molecule has 0 N–H and O–H groups in total. The summed E-state index contributed by atoms with van der Waals surface area (Å²) in [5.74, 6) is 0. The molecule has 2 aliphatic rings. The third kappa shape index (κ3) is 2.61. The summed E-state index contributed by atoms with van der Waals surface area (Å²) in [6, 6.07) is 11.3. The van der Waals surface area contributed by atoms with Crippen LogP contribution in [0.3, 0.4) is 0 Å². The average molecular weight is 337 g/mol. The van der Waals surface area contributed by atoms with Crippen LogP contribution in [0.4, 0.5) is 0 Å². The lowest BCUT2D eigenvalue weighted by molar-refractivity contribution is 0.282. The molecule has 4 rings (SSSR count). The van der Waals surface area contributed by atoms with E-state index in [0.717, 1.165) is 11.1 Å². The average Bonchev–Trinajstić information content (AvgIpc) is 2.96. The third-order valence-corrected chi connectivity index (χ3v) is 6.15. The molecular formula is C20H19NO2S. The van der Waals surface area contributed by atoms with Crippen molar-refractivity contribution < 1.29 is 8.42 Å². The minimum atomic E-state index is -3.17. The van der Waals surface area contributed by atoms with E-state index in [1.807, 2.05) is 36.7 Å². The molecule has 4 heteroatoms. The van der Waals surface area contributed by atoms with Crippen molar-refractivity contribution in [1.29, 1.82) is 0 Å². The highest BCUT2D eigenvalue weighted by molar-refractivity contribution is 7.90. The van der Waals surface area contributed by atoms with Gasteiger partial charge in [0, 0.05) is 24.1 Å². The third-order valence-electron chi connectivity index (χ3n) is 5.02. The van der Waals surface area contributed by atoms with Gasteiger partial charge in [-0.3, -0.25) is 4.98 Å². The van der Waals surface area contributed by atoms with Crippen molar-refractivity contribution in [3.05, 3.63) is 72.1 Å². The molecule has 0 atom stereocenters. The Balaban J connectivity index is 1.78. The van der Waals surface area contributed by atoms with E-state index < -0.39 is 9.84 Å². The van der Waals surface area contributed by atoms with Gasteiger partial charge in [-0.05, 0) is 59.4 Å². The first-order valence-corrected chi connectivity index (χ1v) is 10.0. The van der Waals surface area contributed by atoms with Crippen molar-refractivity contribution >= 4 is 21.0 Å². The molecule has 2 aromatic rings. The summed E-state index contributed by atoms with van der Waals surface area (Å²) in [6.07, 6.45) is 13.2. The Bertz CT molecular complexity index is 935. The highest BCUT2D eigenvalue weighted by Gasteiger charge is 2.38. The van der Waals surface area contributed by atoms with Crippen molar-refractivity contribution in [2.75, 3.05) is 6.26 Å². The fraction of sp³-hybridized carbons (Fsp3) is 0.250. The van der Waals surface area contributed by atoms with Crippen LogP contribution in [0.15, 0.2) is 65.8 Å². The fourth-order valence-corrected chi connectivity index (χ4v) is 4.17. The Labute approximate surface area is 142 Å².